The van der Waals surface area contributed by atoms with E-state index < -0.39 is 11.8 Å². The molecule has 2 aliphatic heterocycles. The van der Waals surface area contributed by atoms with Gasteiger partial charge in [0.1, 0.15) is 10.7 Å². The molecule has 20 heavy (non-hydrogen) atoms. The maximum absolute atomic E-state index is 11.8. The van der Waals surface area contributed by atoms with Crippen LogP contribution in [0.2, 0.25) is 0 Å². The fourth-order valence-electron chi connectivity index (χ4n) is 2.09. The van der Waals surface area contributed by atoms with Crippen molar-refractivity contribution >= 4 is 29.3 Å². The molecule has 0 fully saturated rings. The van der Waals surface area contributed by atoms with Crippen molar-refractivity contribution in [2.45, 2.75) is 5.75 Å². The third-order valence-electron chi connectivity index (χ3n) is 3.05. The highest BCUT2D eigenvalue weighted by molar-refractivity contribution is 8.03. The molecule has 1 aromatic carbocycles. The number of fused-ring (bicyclic) bond motifs is 3. The number of methoxy groups -OCH3 is 1. The molecule has 0 saturated heterocycles. The molecule has 0 aromatic heterocycles. The lowest BCUT2D eigenvalue weighted by molar-refractivity contribution is -0.149. The third-order valence-corrected chi connectivity index (χ3v) is 4.15. The van der Waals surface area contributed by atoms with Crippen LogP contribution in [-0.4, -0.2) is 30.8 Å². The Morgan fingerprint density at radius 1 is 1.35 bits per heavy atom. The standard InChI is InChI=1S/C13H10O6S/c1-17-13(16)10(15)12-9(14)6-2-3-8-11(19-5-18-8)7(6)4-20-12/h2-3,14H,4-5H2,1H3. The Morgan fingerprint density at radius 2 is 2.15 bits per heavy atom. The Kier molecular flexibility index (Phi) is 3.06. The summed E-state index contributed by atoms with van der Waals surface area (Å²) in [5.41, 5.74) is 1.23. The van der Waals surface area contributed by atoms with Crippen molar-refractivity contribution in [3.05, 3.63) is 28.2 Å². The number of ketones is 1. The molecule has 0 atom stereocenters. The number of rotatable bonds is 2. The van der Waals surface area contributed by atoms with E-state index in [4.69, 9.17) is 9.47 Å². The zero-order valence-electron chi connectivity index (χ0n) is 10.5. The minimum atomic E-state index is -0.997. The maximum Gasteiger partial charge on any atom is 0.380 e. The highest BCUT2D eigenvalue weighted by Gasteiger charge is 2.32. The number of aliphatic hydroxyl groups is 1. The van der Waals surface area contributed by atoms with Crippen LogP contribution in [0.5, 0.6) is 11.5 Å². The lowest BCUT2D eigenvalue weighted by Crippen LogP contribution is -2.19. The third kappa shape index (κ3) is 1.82. The monoisotopic (exact) mass is 294 g/mol. The van der Waals surface area contributed by atoms with Crippen LogP contribution < -0.4 is 9.47 Å². The highest BCUT2D eigenvalue weighted by atomic mass is 32.2. The number of esters is 1. The second-order valence-corrected chi connectivity index (χ2v) is 5.10. The quantitative estimate of drug-likeness (QED) is 0.655. The van der Waals surface area contributed by atoms with E-state index in [1.54, 1.807) is 12.1 Å². The first kappa shape index (κ1) is 12.9. The molecule has 3 rings (SSSR count). The van der Waals surface area contributed by atoms with Gasteiger partial charge >= 0.3 is 5.97 Å². The minimum Gasteiger partial charge on any atom is -0.506 e. The van der Waals surface area contributed by atoms with Gasteiger partial charge in [0.05, 0.1) is 7.11 Å². The Labute approximate surface area is 118 Å². The van der Waals surface area contributed by atoms with Crippen molar-refractivity contribution in [3.63, 3.8) is 0 Å². The van der Waals surface area contributed by atoms with E-state index in [2.05, 4.69) is 4.74 Å². The molecule has 0 radical (unpaired) electrons. The first-order valence-corrected chi connectivity index (χ1v) is 6.72. The summed E-state index contributed by atoms with van der Waals surface area (Å²) in [5.74, 6) is -0.484. The van der Waals surface area contributed by atoms with Crippen LogP contribution >= 0.6 is 11.8 Å². The number of thioether (sulfide) groups is 1. The lowest BCUT2D eigenvalue weighted by atomic mass is 10.0. The number of hydrogen-bond acceptors (Lipinski definition) is 7. The number of carbonyl (C=O) groups excluding carboxylic acids is 2. The molecule has 0 saturated carbocycles. The van der Waals surface area contributed by atoms with Gasteiger partial charge in [0.15, 0.2) is 11.5 Å². The Balaban J connectivity index is 2.07. The molecule has 7 heteroatoms. The molecule has 2 aliphatic rings. The number of carbonyl (C=O) groups is 2. The predicted molar refractivity (Wildman–Crippen MR) is 70.4 cm³/mol. The lowest BCUT2D eigenvalue weighted by Gasteiger charge is -2.19. The fourth-order valence-corrected chi connectivity index (χ4v) is 3.13. The van der Waals surface area contributed by atoms with Gasteiger partial charge in [0, 0.05) is 16.9 Å². The Morgan fingerprint density at radius 3 is 2.90 bits per heavy atom. The van der Waals surface area contributed by atoms with E-state index in [1.807, 2.05) is 0 Å². The second-order valence-electron chi connectivity index (χ2n) is 4.11. The van der Waals surface area contributed by atoms with Gasteiger partial charge in [-0.1, -0.05) is 0 Å². The SMILES string of the molecule is COC(=O)C(=O)C1=C(O)c2ccc3c(c2CS1)OCO3. The molecule has 0 unspecified atom stereocenters. The van der Waals surface area contributed by atoms with Crippen LogP contribution in [0.15, 0.2) is 17.0 Å². The largest absolute Gasteiger partial charge is 0.506 e. The smallest absolute Gasteiger partial charge is 0.380 e. The number of aliphatic hydroxyl groups excluding tert-OH is 1. The average Bonchev–Trinajstić information content (AvgIpc) is 2.94. The molecular weight excluding hydrogens is 284 g/mol. The average molecular weight is 294 g/mol. The van der Waals surface area contributed by atoms with Gasteiger partial charge in [-0.15, -0.1) is 11.8 Å². The van der Waals surface area contributed by atoms with Crippen molar-refractivity contribution in [1.82, 2.24) is 0 Å². The summed E-state index contributed by atoms with van der Waals surface area (Å²) >= 11 is 1.08. The van der Waals surface area contributed by atoms with Crippen molar-refractivity contribution in [1.29, 1.82) is 0 Å². The first-order valence-electron chi connectivity index (χ1n) is 5.74. The molecule has 0 bridgehead atoms. The molecule has 6 nitrogen and oxygen atoms in total. The molecule has 0 aliphatic carbocycles. The van der Waals surface area contributed by atoms with Crippen LogP contribution in [-0.2, 0) is 20.1 Å². The van der Waals surface area contributed by atoms with E-state index in [0.717, 1.165) is 24.4 Å². The van der Waals surface area contributed by atoms with Gasteiger partial charge in [-0.05, 0) is 12.1 Å². The van der Waals surface area contributed by atoms with Crippen molar-refractivity contribution in [2.75, 3.05) is 13.9 Å². The highest BCUT2D eigenvalue weighted by Crippen LogP contribution is 2.46. The van der Waals surface area contributed by atoms with E-state index in [0.29, 0.717) is 22.8 Å². The zero-order valence-corrected chi connectivity index (χ0v) is 11.3. The molecule has 0 spiro atoms. The summed E-state index contributed by atoms with van der Waals surface area (Å²) in [6, 6.07) is 3.30. The summed E-state index contributed by atoms with van der Waals surface area (Å²) in [7, 11) is 1.12. The normalized spacial score (nSPS) is 15.8. The first-order chi connectivity index (χ1) is 9.63. The zero-order chi connectivity index (χ0) is 14.3. The number of benzene rings is 1. The Bertz CT molecular complexity index is 649. The van der Waals surface area contributed by atoms with Crippen molar-refractivity contribution in [2.24, 2.45) is 0 Å². The minimum absolute atomic E-state index is 0.0109. The molecule has 1 N–H and O–H groups in total. The topological polar surface area (TPSA) is 82.1 Å². The van der Waals surface area contributed by atoms with Crippen LogP contribution in [0.25, 0.3) is 5.76 Å². The van der Waals surface area contributed by atoms with E-state index in [1.165, 1.54) is 0 Å². The second kappa shape index (κ2) is 4.75. The van der Waals surface area contributed by atoms with Gasteiger partial charge in [0.2, 0.25) is 6.79 Å². The van der Waals surface area contributed by atoms with E-state index >= 15 is 0 Å². The molecule has 104 valence electrons. The van der Waals surface area contributed by atoms with Crippen LogP contribution in [0.1, 0.15) is 11.1 Å². The molecule has 1 aromatic rings. The number of ether oxygens (including phenoxy) is 3. The molecule has 0 amide bonds. The number of Topliss-reactive ketones (excluding diaryl/α,β-unsaturated/α-hetero) is 1. The maximum atomic E-state index is 11.8. The van der Waals surface area contributed by atoms with Gasteiger partial charge in [-0.2, -0.15) is 0 Å². The summed E-state index contributed by atoms with van der Waals surface area (Å²) in [6.45, 7) is 0.134. The fraction of sp³-hybridized carbons (Fsp3) is 0.231. The van der Waals surface area contributed by atoms with Crippen molar-refractivity contribution < 1.29 is 28.9 Å². The van der Waals surface area contributed by atoms with Crippen LogP contribution in [0.4, 0.5) is 0 Å². The van der Waals surface area contributed by atoms with Crippen molar-refractivity contribution in [3.8, 4) is 11.5 Å². The van der Waals surface area contributed by atoms with Gasteiger partial charge in [0.25, 0.3) is 5.78 Å². The number of hydrogen-bond donors (Lipinski definition) is 1. The summed E-state index contributed by atoms with van der Waals surface area (Å²) < 4.78 is 15.0. The van der Waals surface area contributed by atoms with Gasteiger partial charge in [-0.3, -0.25) is 4.79 Å². The van der Waals surface area contributed by atoms with E-state index in [9.17, 15) is 14.7 Å². The summed E-state index contributed by atoms with van der Waals surface area (Å²) in [4.78, 5) is 23.1. The summed E-state index contributed by atoms with van der Waals surface area (Å²) in [6.07, 6.45) is 0. The van der Waals surface area contributed by atoms with Gasteiger partial charge < -0.3 is 19.3 Å². The summed E-state index contributed by atoms with van der Waals surface area (Å²) in [5, 5.41) is 10.2. The van der Waals surface area contributed by atoms with E-state index in [-0.39, 0.29) is 17.5 Å². The molecular formula is C13H10O6S. The predicted octanol–water partition coefficient (Wildman–Crippen LogP) is 1.63. The Hall–Kier alpha value is -2.15. The molecule has 2 heterocycles. The van der Waals surface area contributed by atoms with Crippen LogP contribution in [0, 0.1) is 0 Å². The van der Waals surface area contributed by atoms with Crippen LogP contribution in [0.3, 0.4) is 0 Å². The van der Waals surface area contributed by atoms with Gasteiger partial charge in [-0.25, -0.2) is 4.79 Å².